The monoisotopic (exact) mass is 324 g/mol. The molecule has 1 aliphatic heterocycles. The number of ether oxygens (including phenoxy) is 1. The first kappa shape index (κ1) is 16.1. The van der Waals surface area contributed by atoms with E-state index in [9.17, 15) is 0 Å². The van der Waals surface area contributed by atoms with Gasteiger partial charge in [0.2, 0.25) is 0 Å². The Kier molecular flexibility index (Phi) is 4.87. The maximum absolute atomic E-state index is 8.78. The maximum Gasteiger partial charge on any atom is 0.158 e. The predicted molar refractivity (Wildman–Crippen MR) is 89.6 cm³/mol. The summed E-state index contributed by atoms with van der Waals surface area (Å²) in [5.74, 6) is 1.63. The zero-order valence-corrected chi connectivity index (χ0v) is 13.9. The zero-order valence-electron chi connectivity index (χ0n) is 13.9. The number of nitrogens with zero attached hydrogens (tertiary/aromatic N) is 6. The van der Waals surface area contributed by atoms with Crippen LogP contribution in [0.25, 0.3) is 0 Å². The van der Waals surface area contributed by atoms with E-state index in [2.05, 4.69) is 24.8 Å². The minimum Gasteiger partial charge on any atom is -0.488 e. The van der Waals surface area contributed by atoms with E-state index >= 15 is 0 Å². The molecule has 1 fully saturated rings. The fourth-order valence-electron chi connectivity index (χ4n) is 2.71. The molecule has 0 spiro atoms. The molecule has 0 N–H and O–H groups in total. The van der Waals surface area contributed by atoms with Gasteiger partial charge in [0.05, 0.1) is 24.6 Å². The van der Waals surface area contributed by atoms with Crippen molar-refractivity contribution in [3.8, 4) is 11.8 Å². The summed E-state index contributed by atoms with van der Waals surface area (Å²) in [7, 11) is 4.03. The van der Waals surface area contributed by atoms with Gasteiger partial charge >= 0.3 is 0 Å². The second-order valence-corrected chi connectivity index (χ2v) is 6.07. The first-order valence-electron chi connectivity index (χ1n) is 7.87. The molecule has 0 radical (unpaired) electrons. The van der Waals surface area contributed by atoms with E-state index in [-0.39, 0.29) is 6.10 Å². The van der Waals surface area contributed by atoms with Crippen molar-refractivity contribution >= 4 is 5.82 Å². The molecule has 2 aromatic heterocycles. The number of hydrogen-bond acceptors (Lipinski definition) is 7. The normalized spacial score (nSPS) is 17.1. The van der Waals surface area contributed by atoms with Crippen molar-refractivity contribution in [1.29, 1.82) is 5.26 Å². The molecule has 0 amide bonds. The molecule has 1 saturated heterocycles. The van der Waals surface area contributed by atoms with Crippen LogP contribution >= 0.6 is 0 Å². The van der Waals surface area contributed by atoms with Crippen LogP contribution in [0.1, 0.15) is 17.8 Å². The van der Waals surface area contributed by atoms with Crippen molar-refractivity contribution in [2.45, 2.75) is 19.1 Å². The van der Waals surface area contributed by atoms with Crippen LogP contribution in [0.3, 0.4) is 0 Å². The Morgan fingerprint density at radius 3 is 2.92 bits per heavy atom. The summed E-state index contributed by atoms with van der Waals surface area (Å²) in [6, 6.07) is 5.86. The Morgan fingerprint density at radius 1 is 1.33 bits per heavy atom. The molecule has 0 saturated carbocycles. The first-order valence-corrected chi connectivity index (χ1v) is 7.87. The van der Waals surface area contributed by atoms with Crippen LogP contribution in [0.5, 0.6) is 5.75 Å². The number of pyridine rings is 1. The molecular formula is C17H20N6O. The third-order valence-electron chi connectivity index (χ3n) is 3.79. The topological polar surface area (TPSA) is 78.2 Å². The van der Waals surface area contributed by atoms with Crippen molar-refractivity contribution in [1.82, 2.24) is 19.9 Å². The minimum atomic E-state index is 0.108. The lowest BCUT2D eigenvalue weighted by atomic mass is 10.3. The quantitative estimate of drug-likeness (QED) is 0.824. The highest BCUT2D eigenvalue weighted by Crippen LogP contribution is 2.22. The summed E-state index contributed by atoms with van der Waals surface area (Å²) < 4.78 is 6.09. The highest BCUT2D eigenvalue weighted by Gasteiger charge is 2.25. The van der Waals surface area contributed by atoms with Crippen LogP contribution < -0.4 is 9.64 Å². The van der Waals surface area contributed by atoms with Crippen LogP contribution in [0, 0.1) is 11.3 Å². The molecule has 0 bridgehead atoms. The van der Waals surface area contributed by atoms with Crippen molar-refractivity contribution in [2.75, 3.05) is 32.1 Å². The van der Waals surface area contributed by atoms with Crippen LogP contribution in [-0.2, 0) is 6.54 Å². The van der Waals surface area contributed by atoms with Crippen LogP contribution in [0.4, 0.5) is 5.82 Å². The maximum atomic E-state index is 8.78. The lowest BCUT2D eigenvalue weighted by Gasteiger charge is -2.18. The third kappa shape index (κ3) is 3.97. The molecule has 3 heterocycles. The zero-order chi connectivity index (χ0) is 16.9. The van der Waals surface area contributed by atoms with Crippen LogP contribution in [-0.4, -0.2) is 53.1 Å². The predicted octanol–water partition coefficient (Wildman–Crippen LogP) is 1.46. The van der Waals surface area contributed by atoms with Gasteiger partial charge in [0.15, 0.2) is 5.69 Å². The molecule has 0 aliphatic carbocycles. The molecule has 1 atom stereocenters. The summed E-state index contributed by atoms with van der Waals surface area (Å²) >= 11 is 0. The number of anilines is 1. The average Bonchev–Trinajstić information content (AvgIpc) is 3.03. The van der Waals surface area contributed by atoms with E-state index in [0.29, 0.717) is 5.69 Å². The molecule has 3 rings (SSSR count). The average molecular weight is 324 g/mol. The number of hydrogen-bond donors (Lipinski definition) is 0. The molecule has 7 nitrogen and oxygen atoms in total. The van der Waals surface area contributed by atoms with E-state index in [0.717, 1.165) is 43.3 Å². The van der Waals surface area contributed by atoms with Crippen molar-refractivity contribution in [2.24, 2.45) is 0 Å². The second kappa shape index (κ2) is 7.23. The number of rotatable bonds is 5. The van der Waals surface area contributed by atoms with Gasteiger partial charge in [-0.05, 0) is 20.2 Å². The Hall–Kier alpha value is -2.72. The largest absolute Gasteiger partial charge is 0.488 e. The lowest BCUT2D eigenvalue weighted by Crippen LogP contribution is -2.25. The summed E-state index contributed by atoms with van der Waals surface area (Å²) in [4.78, 5) is 16.9. The molecular weight excluding hydrogens is 304 g/mol. The summed E-state index contributed by atoms with van der Waals surface area (Å²) in [5, 5.41) is 8.78. The molecule has 7 heteroatoms. The van der Waals surface area contributed by atoms with Crippen molar-refractivity contribution in [3.05, 3.63) is 42.1 Å². The van der Waals surface area contributed by atoms with Crippen LogP contribution in [0.2, 0.25) is 0 Å². The SMILES string of the molecule is CN(C)Cc1cc(OC2CCN(c3cnc(C#N)cn3)C2)ccn1. The Balaban J connectivity index is 1.60. The van der Waals surface area contributed by atoms with E-state index in [4.69, 9.17) is 10.00 Å². The van der Waals surface area contributed by atoms with E-state index in [1.165, 1.54) is 6.20 Å². The fraction of sp³-hybridized carbons (Fsp3) is 0.412. The van der Waals surface area contributed by atoms with Gasteiger partial charge in [-0.2, -0.15) is 5.26 Å². The van der Waals surface area contributed by atoms with Gasteiger partial charge in [0.25, 0.3) is 0 Å². The summed E-state index contributed by atoms with van der Waals surface area (Å²) in [6.45, 7) is 2.40. The van der Waals surface area contributed by atoms with Gasteiger partial charge in [0.1, 0.15) is 23.7 Å². The Labute approximate surface area is 141 Å². The smallest absolute Gasteiger partial charge is 0.158 e. The van der Waals surface area contributed by atoms with Gasteiger partial charge < -0.3 is 14.5 Å². The molecule has 24 heavy (non-hydrogen) atoms. The van der Waals surface area contributed by atoms with Crippen LogP contribution in [0.15, 0.2) is 30.7 Å². The highest BCUT2D eigenvalue weighted by atomic mass is 16.5. The number of aromatic nitrogens is 3. The van der Waals surface area contributed by atoms with Gasteiger partial charge in [-0.25, -0.2) is 9.97 Å². The first-order chi connectivity index (χ1) is 11.6. The highest BCUT2D eigenvalue weighted by molar-refractivity contribution is 5.39. The second-order valence-electron chi connectivity index (χ2n) is 6.07. The Bertz CT molecular complexity index is 725. The van der Waals surface area contributed by atoms with E-state index < -0.39 is 0 Å². The summed E-state index contributed by atoms with van der Waals surface area (Å²) in [6.07, 6.45) is 5.96. The third-order valence-corrected chi connectivity index (χ3v) is 3.79. The minimum absolute atomic E-state index is 0.108. The van der Waals surface area contributed by atoms with Crippen molar-refractivity contribution in [3.63, 3.8) is 0 Å². The molecule has 0 aromatic carbocycles. The fourth-order valence-corrected chi connectivity index (χ4v) is 2.71. The van der Waals surface area contributed by atoms with Gasteiger partial charge in [0, 0.05) is 31.8 Å². The number of nitriles is 1. The summed E-state index contributed by atoms with van der Waals surface area (Å²) in [5.41, 5.74) is 1.32. The Morgan fingerprint density at radius 2 is 2.21 bits per heavy atom. The van der Waals surface area contributed by atoms with Gasteiger partial charge in [-0.3, -0.25) is 4.98 Å². The molecule has 1 aliphatic rings. The molecule has 1 unspecified atom stereocenters. The molecule has 2 aromatic rings. The van der Waals surface area contributed by atoms with Gasteiger partial charge in [-0.1, -0.05) is 0 Å². The van der Waals surface area contributed by atoms with E-state index in [1.807, 2.05) is 32.3 Å². The standard InChI is InChI=1S/C17H20N6O/c1-22(2)11-13-7-15(3-5-19-13)24-16-4-6-23(12-16)17-10-20-14(8-18)9-21-17/h3,5,7,9-10,16H,4,6,11-12H2,1-2H3. The van der Waals surface area contributed by atoms with Gasteiger partial charge in [-0.15, -0.1) is 0 Å². The lowest BCUT2D eigenvalue weighted by molar-refractivity contribution is 0.224. The van der Waals surface area contributed by atoms with Crippen molar-refractivity contribution < 1.29 is 4.74 Å². The molecule has 124 valence electrons. The van der Waals surface area contributed by atoms with E-state index in [1.54, 1.807) is 12.4 Å².